The lowest BCUT2D eigenvalue weighted by molar-refractivity contribution is -0.121. The minimum Gasteiger partial charge on any atom is -0.354 e. The van der Waals surface area contributed by atoms with Crippen LogP contribution in [0.15, 0.2) is 79.0 Å². The van der Waals surface area contributed by atoms with E-state index in [1.807, 2.05) is 19.1 Å². The number of nitrogens with zero attached hydrogens (tertiary/aromatic N) is 1. The molecule has 0 spiro atoms. The van der Waals surface area contributed by atoms with Crippen LogP contribution in [0.2, 0.25) is 0 Å². The third kappa shape index (κ3) is 5.33. The Balaban J connectivity index is 1.76. The molecule has 170 valence electrons. The highest BCUT2D eigenvalue weighted by Crippen LogP contribution is 2.35. The van der Waals surface area contributed by atoms with E-state index in [0.29, 0.717) is 6.42 Å². The van der Waals surface area contributed by atoms with E-state index in [9.17, 15) is 9.18 Å². The number of carbonyl (C=O) groups is 1. The van der Waals surface area contributed by atoms with Crippen molar-refractivity contribution in [1.82, 2.24) is 9.88 Å². The number of benzene rings is 3. The first kappa shape index (κ1) is 22.8. The molecule has 3 aromatic carbocycles. The molecule has 2 atom stereocenters. The van der Waals surface area contributed by atoms with Gasteiger partial charge >= 0.3 is 0 Å². The lowest BCUT2D eigenvalue weighted by Crippen LogP contribution is -2.33. The van der Waals surface area contributed by atoms with Crippen LogP contribution in [0.1, 0.15) is 54.9 Å². The highest BCUT2D eigenvalue weighted by atomic mass is 19.1. The fourth-order valence-corrected chi connectivity index (χ4v) is 4.30. The summed E-state index contributed by atoms with van der Waals surface area (Å²) in [5.74, 6) is -0.434. The Bertz CT molecular complexity index is 1220. The monoisotopic (exact) mass is 442 g/mol. The van der Waals surface area contributed by atoms with Gasteiger partial charge < -0.3 is 9.88 Å². The van der Waals surface area contributed by atoms with Gasteiger partial charge in [-0.1, -0.05) is 67.1 Å². The zero-order valence-electron chi connectivity index (χ0n) is 19.5. The molecule has 4 rings (SSSR count). The van der Waals surface area contributed by atoms with Crippen LogP contribution in [-0.4, -0.2) is 16.5 Å². The van der Waals surface area contributed by atoms with Crippen LogP contribution in [0.4, 0.5) is 4.39 Å². The first-order valence-corrected chi connectivity index (χ1v) is 11.6. The van der Waals surface area contributed by atoms with E-state index in [1.165, 1.54) is 23.3 Å². The van der Waals surface area contributed by atoms with Crippen molar-refractivity contribution in [2.45, 2.75) is 52.1 Å². The van der Waals surface area contributed by atoms with E-state index >= 15 is 0 Å². The van der Waals surface area contributed by atoms with Gasteiger partial charge in [0.05, 0.1) is 0 Å². The molecule has 0 saturated heterocycles. The molecule has 1 heterocycles. The van der Waals surface area contributed by atoms with E-state index in [1.54, 1.807) is 12.1 Å². The summed E-state index contributed by atoms with van der Waals surface area (Å²) in [6.07, 6.45) is 3.35. The number of amides is 1. The van der Waals surface area contributed by atoms with E-state index < -0.39 is 0 Å². The molecule has 0 aliphatic rings. The van der Waals surface area contributed by atoms with Crippen LogP contribution < -0.4 is 5.32 Å². The van der Waals surface area contributed by atoms with Gasteiger partial charge in [-0.2, -0.15) is 0 Å². The summed E-state index contributed by atoms with van der Waals surface area (Å²) in [5, 5.41) is 4.21. The fourth-order valence-electron chi connectivity index (χ4n) is 4.30. The van der Waals surface area contributed by atoms with Crippen molar-refractivity contribution in [3.8, 4) is 0 Å². The lowest BCUT2D eigenvalue weighted by atomic mass is 9.88. The number of nitrogens with one attached hydrogen (secondary N) is 1. The molecule has 4 aromatic rings. The summed E-state index contributed by atoms with van der Waals surface area (Å²) in [6, 6.07) is 23.5. The maximum absolute atomic E-state index is 13.7. The highest BCUT2D eigenvalue weighted by Gasteiger charge is 2.23. The summed E-state index contributed by atoms with van der Waals surface area (Å²) in [7, 11) is 0. The predicted octanol–water partition coefficient (Wildman–Crippen LogP) is 6.57. The van der Waals surface area contributed by atoms with Crippen molar-refractivity contribution in [2.75, 3.05) is 0 Å². The molecule has 0 bridgehead atoms. The molecule has 33 heavy (non-hydrogen) atoms. The van der Waals surface area contributed by atoms with E-state index in [0.717, 1.165) is 35.0 Å². The van der Waals surface area contributed by atoms with Gasteiger partial charge in [0.15, 0.2) is 0 Å². The molecular formula is C29H31FN2O. The molecule has 0 unspecified atom stereocenters. The number of para-hydroxylation sites is 1. The third-order valence-corrected chi connectivity index (χ3v) is 6.35. The van der Waals surface area contributed by atoms with Gasteiger partial charge in [0, 0.05) is 42.0 Å². The average molecular weight is 443 g/mol. The van der Waals surface area contributed by atoms with Gasteiger partial charge in [0.2, 0.25) is 5.91 Å². The summed E-state index contributed by atoms with van der Waals surface area (Å²) in [4.78, 5) is 12.9. The van der Waals surface area contributed by atoms with Crippen molar-refractivity contribution in [3.63, 3.8) is 0 Å². The van der Waals surface area contributed by atoms with Crippen LogP contribution in [0.25, 0.3) is 10.9 Å². The third-order valence-electron chi connectivity index (χ3n) is 6.35. The zero-order valence-corrected chi connectivity index (χ0v) is 19.5. The number of aryl methyl sites for hydroxylation is 1. The molecule has 1 aromatic heterocycles. The Labute approximate surface area is 195 Å². The number of hydrogen-bond donors (Lipinski definition) is 1. The van der Waals surface area contributed by atoms with E-state index in [2.05, 4.69) is 66.3 Å². The Morgan fingerprint density at radius 1 is 1.00 bits per heavy atom. The van der Waals surface area contributed by atoms with Gasteiger partial charge in [-0.3, -0.25) is 4.79 Å². The minimum absolute atomic E-state index is 0.00837. The fraction of sp³-hybridized carbons (Fsp3) is 0.276. The summed E-state index contributed by atoms with van der Waals surface area (Å²) in [6.45, 7) is 6.90. The molecule has 3 nitrogen and oxygen atoms in total. The van der Waals surface area contributed by atoms with E-state index in [4.69, 9.17) is 0 Å². The molecule has 4 heteroatoms. The molecule has 1 amide bonds. The molecule has 1 N–H and O–H groups in total. The van der Waals surface area contributed by atoms with Crippen molar-refractivity contribution >= 4 is 16.8 Å². The second-order valence-electron chi connectivity index (χ2n) is 8.90. The van der Waals surface area contributed by atoms with Crippen LogP contribution in [0.5, 0.6) is 0 Å². The zero-order chi connectivity index (χ0) is 23.4. The van der Waals surface area contributed by atoms with Crippen molar-refractivity contribution in [1.29, 1.82) is 0 Å². The second kappa shape index (κ2) is 10.0. The quantitative estimate of drug-likeness (QED) is 0.329. The minimum atomic E-state index is -0.275. The Morgan fingerprint density at radius 2 is 1.70 bits per heavy atom. The largest absolute Gasteiger partial charge is 0.354 e. The maximum atomic E-state index is 13.7. The van der Waals surface area contributed by atoms with Crippen LogP contribution in [0, 0.1) is 12.7 Å². The van der Waals surface area contributed by atoms with Gasteiger partial charge in [0.25, 0.3) is 0 Å². The first-order valence-electron chi connectivity index (χ1n) is 11.6. The van der Waals surface area contributed by atoms with Gasteiger partial charge in [-0.05, 0) is 55.2 Å². The number of hydrogen-bond acceptors (Lipinski definition) is 1. The van der Waals surface area contributed by atoms with Crippen molar-refractivity contribution in [3.05, 3.63) is 107 Å². The molecule has 0 aliphatic carbocycles. The van der Waals surface area contributed by atoms with Crippen LogP contribution in [-0.2, 0) is 11.3 Å². The Morgan fingerprint density at radius 3 is 2.39 bits per heavy atom. The first-order chi connectivity index (χ1) is 15.9. The van der Waals surface area contributed by atoms with Gasteiger partial charge in [0.1, 0.15) is 5.82 Å². The van der Waals surface area contributed by atoms with E-state index in [-0.39, 0.29) is 23.7 Å². The second-order valence-corrected chi connectivity index (χ2v) is 8.90. The lowest BCUT2D eigenvalue weighted by Gasteiger charge is -2.19. The predicted molar refractivity (Wildman–Crippen MR) is 133 cm³/mol. The number of aromatic nitrogens is 1. The number of carbonyl (C=O) groups excluding carboxylic acids is 1. The van der Waals surface area contributed by atoms with Crippen molar-refractivity contribution < 1.29 is 9.18 Å². The van der Waals surface area contributed by atoms with Gasteiger partial charge in [-0.15, -0.1) is 0 Å². The summed E-state index contributed by atoms with van der Waals surface area (Å²) >= 11 is 0. The standard InChI is InChI=1S/C29H31FN2O/c1-4-21(3)31-29(33)17-26(23-13-15-24(30)16-14-23)27-19-32(28-8-6-5-7-25(27)28)18-22-11-9-20(2)10-12-22/h5-16,19,21,26H,4,17-18H2,1-3H3,(H,31,33)/t21-,26-/m1/s1. The number of rotatable bonds is 8. The highest BCUT2D eigenvalue weighted by molar-refractivity contribution is 5.87. The SMILES string of the molecule is CC[C@@H](C)NC(=O)C[C@H](c1ccc(F)cc1)c1cn(Cc2ccc(C)cc2)c2ccccc12. The molecule has 0 saturated carbocycles. The maximum Gasteiger partial charge on any atom is 0.221 e. The van der Waals surface area contributed by atoms with Gasteiger partial charge in [-0.25, -0.2) is 4.39 Å². The average Bonchev–Trinajstić information content (AvgIpc) is 3.18. The number of fused-ring (bicyclic) bond motifs is 1. The Hall–Kier alpha value is -3.40. The van der Waals surface area contributed by atoms with Crippen molar-refractivity contribution in [2.24, 2.45) is 0 Å². The smallest absolute Gasteiger partial charge is 0.221 e. The molecule has 0 fully saturated rings. The summed E-state index contributed by atoms with van der Waals surface area (Å²) < 4.78 is 15.9. The Kier molecular flexibility index (Phi) is 6.93. The topological polar surface area (TPSA) is 34.0 Å². The molecular weight excluding hydrogens is 411 g/mol. The summed E-state index contributed by atoms with van der Waals surface area (Å²) in [5.41, 5.74) is 5.61. The molecule has 0 radical (unpaired) electrons. The number of halogens is 1. The van der Waals surface area contributed by atoms with Crippen LogP contribution >= 0.6 is 0 Å². The normalized spacial score (nSPS) is 13.1. The van der Waals surface area contributed by atoms with Crippen LogP contribution in [0.3, 0.4) is 0 Å². The molecule has 0 aliphatic heterocycles.